The number of aldehydes is 1. The molecule has 5 aliphatic rings. The van der Waals surface area contributed by atoms with Crippen LogP contribution in [-0.2, 0) is 23.9 Å². The number of esters is 1. The molecule has 0 aromatic rings. The third-order valence-corrected chi connectivity index (χ3v) is 13.6. The quantitative estimate of drug-likeness (QED) is 0.206. The van der Waals surface area contributed by atoms with Crippen molar-refractivity contribution in [2.75, 3.05) is 27.7 Å². The molecule has 8 unspecified atom stereocenters. The largest absolute Gasteiger partial charge is 0.462 e. The fourth-order valence-corrected chi connectivity index (χ4v) is 11.8. The van der Waals surface area contributed by atoms with E-state index in [1.165, 1.54) is 5.57 Å². The van der Waals surface area contributed by atoms with Gasteiger partial charge in [0, 0.05) is 24.4 Å². The van der Waals surface area contributed by atoms with Crippen molar-refractivity contribution in [3.8, 4) is 0 Å². The number of fused-ring (bicyclic) bond motifs is 7. The lowest BCUT2D eigenvalue weighted by Gasteiger charge is -2.68. The first-order valence-electron chi connectivity index (χ1n) is 19.2. The molecule has 0 radical (unpaired) electrons. The second-order valence-electron chi connectivity index (χ2n) is 18.1. The Kier molecular flexibility index (Phi) is 12.9. The van der Waals surface area contributed by atoms with Crippen LogP contribution in [-0.4, -0.2) is 73.3 Å². The Hall–Kier alpha value is -2.06. The van der Waals surface area contributed by atoms with Crippen LogP contribution in [0.5, 0.6) is 0 Å². The van der Waals surface area contributed by atoms with Gasteiger partial charge in [0.1, 0.15) is 12.4 Å². The third-order valence-electron chi connectivity index (χ3n) is 13.6. The number of hydrogen-bond donors (Lipinski definition) is 2. The Morgan fingerprint density at radius 1 is 0.959 bits per heavy atom. The molecule has 8 atom stereocenters. The van der Waals surface area contributed by atoms with E-state index in [0.29, 0.717) is 36.6 Å². The molecule has 8 nitrogen and oxygen atoms in total. The highest BCUT2D eigenvalue weighted by atomic mass is 16.5. The molecular weight excluding hydrogens is 616 g/mol. The molecule has 8 heteroatoms. The summed E-state index contributed by atoms with van der Waals surface area (Å²) in [6, 6.07) is 0. The number of nitrogens with one attached hydrogen (secondary N) is 1. The van der Waals surface area contributed by atoms with Crippen LogP contribution in [0.1, 0.15) is 133 Å². The van der Waals surface area contributed by atoms with Crippen molar-refractivity contribution in [1.29, 1.82) is 0 Å². The van der Waals surface area contributed by atoms with E-state index >= 15 is 0 Å². The summed E-state index contributed by atoms with van der Waals surface area (Å²) in [5, 5.41) is 10.4. The number of rotatable bonds is 8. The Morgan fingerprint density at radius 3 is 2.14 bits per heavy atom. The lowest BCUT2D eigenvalue weighted by Crippen LogP contribution is -2.64. The van der Waals surface area contributed by atoms with Gasteiger partial charge in [-0.1, -0.05) is 69.2 Å². The predicted octanol–water partition coefficient (Wildman–Crippen LogP) is 7.17. The summed E-state index contributed by atoms with van der Waals surface area (Å²) >= 11 is 0. The van der Waals surface area contributed by atoms with Crippen molar-refractivity contribution in [3.05, 3.63) is 11.1 Å². The first-order chi connectivity index (χ1) is 22.8. The number of carbonyl (C=O) groups is 4. The second kappa shape index (κ2) is 15.3. The first-order valence-corrected chi connectivity index (χ1v) is 19.2. The molecule has 4 saturated carbocycles. The van der Waals surface area contributed by atoms with Gasteiger partial charge < -0.3 is 24.9 Å². The van der Waals surface area contributed by atoms with Crippen molar-refractivity contribution >= 4 is 23.9 Å². The van der Waals surface area contributed by atoms with E-state index in [2.05, 4.69) is 46.9 Å². The van der Waals surface area contributed by atoms with Crippen LogP contribution in [0, 0.1) is 51.2 Å². The van der Waals surface area contributed by atoms with Crippen LogP contribution in [0.3, 0.4) is 0 Å². The van der Waals surface area contributed by atoms with Crippen LogP contribution < -0.4 is 5.32 Å². The number of ketones is 1. The zero-order valence-electron chi connectivity index (χ0n) is 33.3. The molecule has 0 aliphatic heterocycles. The minimum Gasteiger partial charge on any atom is -0.462 e. The zero-order valence-corrected chi connectivity index (χ0v) is 33.3. The van der Waals surface area contributed by atoms with E-state index in [1.54, 1.807) is 13.8 Å². The SMILES string of the molecule is CC.CC(C)C1=C2C3CCC4C(C)(CCC5C(C)(C)C(OC(=O)CC(C)(C)C=O)CCC54C)C3CCC2(NC(=O)CN(C)C)CC1=O.CO. The van der Waals surface area contributed by atoms with Gasteiger partial charge in [0.25, 0.3) is 0 Å². The van der Waals surface area contributed by atoms with Gasteiger partial charge in [-0.15, -0.1) is 0 Å². The standard InChI is InChI=1S/C38H60N2O5.C2H6.CH4O/c1-23(2)32-26(42)19-38(39-30(43)21-40(9)10)18-13-25-24(33(32)38)11-12-28-36(25,7)16-14-27-35(5,6)29(15-17-37(27,28)8)45-31(44)20-34(3,4)22-41;2*1-2/h22-25,27-29H,11-21H2,1-10H3,(H,39,43);1-2H3;2H,1H3. The van der Waals surface area contributed by atoms with E-state index in [9.17, 15) is 19.2 Å². The number of ether oxygens (including phenoxy) is 1. The summed E-state index contributed by atoms with van der Waals surface area (Å²) in [5.74, 6) is 1.95. The molecule has 0 saturated heterocycles. The highest BCUT2D eigenvalue weighted by Gasteiger charge is 2.66. The molecule has 0 aromatic carbocycles. The second-order valence-corrected chi connectivity index (χ2v) is 18.1. The number of allylic oxidation sites excluding steroid dienone is 1. The Morgan fingerprint density at radius 2 is 1.57 bits per heavy atom. The number of likely N-dealkylation sites (N-methyl/N-ethyl adjacent to an activating group) is 1. The van der Waals surface area contributed by atoms with Crippen LogP contribution in [0.4, 0.5) is 0 Å². The number of amides is 1. The van der Waals surface area contributed by atoms with Crippen molar-refractivity contribution in [2.24, 2.45) is 51.2 Å². The maximum absolute atomic E-state index is 13.7. The average molecular weight is 687 g/mol. The van der Waals surface area contributed by atoms with Crippen molar-refractivity contribution in [2.45, 2.75) is 145 Å². The average Bonchev–Trinajstić information content (AvgIpc) is 3.31. The van der Waals surface area contributed by atoms with E-state index in [-0.39, 0.29) is 52.3 Å². The summed E-state index contributed by atoms with van der Waals surface area (Å²) in [6.07, 6.45) is 9.45. The van der Waals surface area contributed by atoms with E-state index < -0.39 is 11.0 Å². The molecule has 1 amide bonds. The van der Waals surface area contributed by atoms with Gasteiger partial charge in [0.15, 0.2) is 5.78 Å². The molecular formula is C41H70N2O6. The maximum atomic E-state index is 13.7. The molecule has 5 aliphatic carbocycles. The van der Waals surface area contributed by atoms with Gasteiger partial charge in [-0.05, 0) is 117 Å². The summed E-state index contributed by atoms with van der Waals surface area (Å²) in [6.45, 7) is 21.9. The summed E-state index contributed by atoms with van der Waals surface area (Å²) in [5.41, 5.74) is 1.18. The molecule has 49 heavy (non-hydrogen) atoms. The highest BCUT2D eigenvalue weighted by molar-refractivity contribution is 6.02. The Balaban J connectivity index is 0.00000157. The fourth-order valence-electron chi connectivity index (χ4n) is 11.8. The number of Topliss-reactive ketones (excluding diaryl/α,β-unsaturated/α-hetero) is 1. The fraction of sp³-hybridized carbons (Fsp3) is 0.854. The normalized spacial score (nSPS) is 36.2. The lowest BCUT2D eigenvalue weighted by molar-refractivity contribution is -0.213. The minimum absolute atomic E-state index is 0.0103. The van der Waals surface area contributed by atoms with Gasteiger partial charge in [0.2, 0.25) is 5.91 Å². The van der Waals surface area contributed by atoms with Gasteiger partial charge in [-0.2, -0.15) is 0 Å². The number of aliphatic hydroxyl groups is 1. The topological polar surface area (TPSA) is 113 Å². The van der Waals surface area contributed by atoms with Crippen LogP contribution in [0.2, 0.25) is 0 Å². The summed E-state index contributed by atoms with van der Waals surface area (Å²) in [7, 11) is 4.83. The van der Waals surface area contributed by atoms with E-state index in [1.807, 2.05) is 32.8 Å². The van der Waals surface area contributed by atoms with Gasteiger partial charge in [-0.25, -0.2) is 0 Å². The monoisotopic (exact) mass is 687 g/mol. The smallest absolute Gasteiger partial charge is 0.307 e. The summed E-state index contributed by atoms with van der Waals surface area (Å²) in [4.78, 5) is 53.2. The molecule has 5 rings (SSSR count). The zero-order chi connectivity index (χ0) is 37.3. The first kappa shape index (κ1) is 41.4. The third kappa shape index (κ3) is 7.47. The molecule has 2 N–H and O–H groups in total. The van der Waals surface area contributed by atoms with Gasteiger partial charge in [0.05, 0.1) is 18.5 Å². The van der Waals surface area contributed by atoms with Crippen molar-refractivity contribution in [3.63, 3.8) is 0 Å². The lowest BCUT2D eigenvalue weighted by atomic mass is 9.37. The molecule has 0 bridgehead atoms. The molecule has 0 heterocycles. The van der Waals surface area contributed by atoms with E-state index in [0.717, 1.165) is 70.3 Å². The van der Waals surface area contributed by atoms with Crippen molar-refractivity contribution < 1.29 is 29.0 Å². The van der Waals surface area contributed by atoms with Gasteiger partial charge >= 0.3 is 5.97 Å². The number of carbonyl (C=O) groups excluding carboxylic acids is 4. The van der Waals surface area contributed by atoms with Crippen molar-refractivity contribution in [1.82, 2.24) is 10.2 Å². The van der Waals surface area contributed by atoms with Crippen LogP contribution >= 0.6 is 0 Å². The number of nitrogens with zero attached hydrogens (tertiary/aromatic N) is 1. The van der Waals surface area contributed by atoms with E-state index in [4.69, 9.17) is 9.84 Å². The highest BCUT2D eigenvalue weighted by Crippen LogP contribution is 2.72. The molecule has 4 fully saturated rings. The van der Waals surface area contributed by atoms with Gasteiger partial charge in [-0.3, -0.25) is 14.4 Å². The minimum atomic E-state index is -0.711. The Labute approximate surface area is 297 Å². The Bertz CT molecular complexity index is 1270. The summed E-state index contributed by atoms with van der Waals surface area (Å²) < 4.78 is 6.17. The number of aliphatic hydroxyl groups excluding tert-OH is 1. The van der Waals surface area contributed by atoms with Crippen LogP contribution in [0.25, 0.3) is 0 Å². The molecule has 0 aromatic heterocycles. The number of hydrogen-bond acceptors (Lipinski definition) is 7. The molecule has 280 valence electrons. The molecule has 0 spiro atoms. The predicted molar refractivity (Wildman–Crippen MR) is 196 cm³/mol. The van der Waals surface area contributed by atoms with Crippen LogP contribution in [0.15, 0.2) is 11.1 Å². The maximum Gasteiger partial charge on any atom is 0.307 e.